The minimum absolute atomic E-state index is 0.0852. The monoisotopic (exact) mass is 518 g/mol. The first-order chi connectivity index (χ1) is 15.3. The van der Waals surface area contributed by atoms with E-state index in [2.05, 4.69) is 26.0 Å². The SMILES string of the molecule is COc1ccccc1[C@@H](C)NC(=O)COc1ccc(S(=O)(=O)Nc2ccc(Br)cc2)cc1. The fourth-order valence-electron chi connectivity index (χ4n) is 2.98. The minimum Gasteiger partial charge on any atom is -0.496 e. The molecule has 0 unspecified atom stereocenters. The Kier molecular flexibility index (Phi) is 7.76. The molecule has 0 aliphatic heterocycles. The van der Waals surface area contributed by atoms with Crippen LogP contribution in [0, 0.1) is 0 Å². The van der Waals surface area contributed by atoms with Gasteiger partial charge in [0.2, 0.25) is 0 Å². The molecule has 3 aromatic rings. The molecular weight excluding hydrogens is 496 g/mol. The quantitative estimate of drug-likeness (QED) is 0.434. The van der Waals surface area contributed by atoms with Crippen LogP contribution < -0.4 is 19.5 Å². The molecule has 3 aromatic carbocycles. The number of hydrogen-bond donors (Lipinski definition) is 2. The van der Waals surface area contributed by atoms with Crippen LogP contribution >= 0.6 is 15.9 Å². The normalized spacial score (nSPS) is 12.0. The molecular formula is C23H23BrN2O5S. The number of amides is 1. The van der Waals surface area contributed by atoms with Crippen LogP contribution in [0.5, 0.6) is 11.5 Å². The molecule has 1 amide bonds. The average Bonchev–Trinajstić information content (AvgIpc) is 2.79. The third-order valence-corrected chi connectivity index (χ3v) is 6.51. The summed E-state index contributed by atoms with van der Waals surface area (Å²) < 4.78 is 39.2. The third-order valence-electron chi connectivity index (χ3n) is 4.58. The minimum atomic E-state index is -3.74. The number of carbonyl (C=O) groups excluding carboxylic acids is 1. The number of ether oxygens (including phenoxy) is 2. The van der Waals surface area contributed by atoms with Crippen molar-refractivity contribution < 1.29 is 22.7 Å². The Morgan fingerprint density at radius 2 is 1.66 bits per heavy atom. The summed E-state index contributed by atoms with van der Waals surface area (Å²) in [5.74, 6) is 0.763. The van der Waals surface area contributed by atoms with E-state index in [9.17, 15) is 13.2 Å². The summed E-state index contributed by atoms with van der Waals surface area (Å²) in [6.45, 7) is 1.65. The van der Waals surface area contributed by atoms with Gasteiger partial charge in [-0.05, 0) is 61.5 Å². The van der Waals surface area contributed by atoms with Crippen molar-refractivity contribution in [2.45, 2.75) is 17.9 Å². The Morgan fingerprint density at radius 1 is 1.00 bits per heavy atom. The molecule has 7 nitrogen and oxygen atoms in total. The van der Waals surface area contributed by atoms with Crippen LogP contribution in [0.4, 0.5) is 5.69 Å². The number of halogens is 1. The summed E-state index contributed by atoms with van der Waals surface area (Å²) >= 11 is 3.31. The van der Waals surface area contributed by atoms with Crippen molar-refractivity contribution in [2.75, 3.05) is 18.4 Å². The first-order valence-electron chi connectivity index (χ1n) is 9.72. The summed E-state index contributed by atoms with van der Waals surface area (Å²) in [6, 6.07) is 19.8. The lowest BCUT2D eigenvalue weighted by Crippen LogP contribution is -2.31. The van der Waals surface area contributed by atoms with Gasteiger partial charge in [-0.25, -0.2) is 8.42 Å². The summed E-state index contributed by atoms with van der Waals surface area (Å²) in [4.78, 5) is 12.4. The maximum absolute atomic E-state index is 12.5. The fraction of sp³-hybridized carbons (Fsp3) is 0.174. The zero-order valence-corrected chi connectivity index (χ0v) is 19.9. The number of anilines is 1. The standard InChI is InChI=1S/C23H23BrN2O5S/c1-16(21-5-3-4-6-22(21)30-2)25-23(27)15-31-19-11-13-20(14-12-19)32(28,29)26-18-9-7-17(24)8-10-18/h3-14,16,26H,15H2,1-2H3,(H,25,27)/t16-/m1/s1. The summed E-state index contributed by atoms with van der Waals surface area (Å²) in [7, 11) is -2.16. The molecule has 9 heteroatoms. The van der Waals surface area contributed by atoms with Crippen molar-refractivity contribution >= 4 is 37.5 Å². The third kappa shape index (κ3) is 6.24. The second kappa shape index (κ2) is 10.5. The van der Waals surface area contributed by atoms with Gasteiger partial charge in [-0.15, -0.1) is 0 Å². The van der Waals surface area contributed by atoms with E-state index >= 15 is 0 Å². The van der Waals surface area contributed by atoms with Gasteiger partial charge >= 0.3 is 0 Å². The van der Waals surface area contributed by atoms with E-state index in [4.69, 9.17) is 9.47 Å². The van der Waals surface area contributed by atoms with Crippen LogP contribution in [-0.4, -0.2) is 28.0 Å². The largest absolute Gasteiger partial charge is 0.496 e. The molecule has 0 fully saturated rings. The van der Waals surface area contributed by atoms with E-state index in [0.29, 0.717) is 17.2 Å². The second-order valence-corrected chi connectivity index (χ2v) is 9.50. The van der Waals surface area contributed by atoms with Gasteiger partial charge in [-0.2, -0.15) is 0 Å². The van der Waals surface area contributed by atoms with Gasteiger partial charge in [0.05, 0.1) is 18.0 Å². The predicted octanol–water partition coefficient (Wildman–Crippen LogP) is 4.51. The summed E-state index contributed by atoms with van der Waals surface area (Å²) in [5.41, 5.74) is 1.31. The van der Waals surface area contributed by atoms with Crippen molar-refractivity contribution in [3.05, 3.63) is 82.8 Å². The molecule has 168 valence electrons. The first-order valence-corrected chi connectivity index (χ1v) is 12.0. The molecule has 0 aliphatic rings. The molecule has 0 aliphatic carbocycles. The number of hydrogen-bond acceptors (Lipinski definition) is 5. The van der Waals surface area contributed by atoms with E-state index < -0.39 is 10.0 Å². The molecule has 1 atom stereocenters. The maximum Gasteiger partial charge on any atom is 0.261 e. The Bertz CT molecular complexity index is 1170. The predicted molar refractivity (Wildman–Crippen MR) is 126 cm³/mol. The molecule has 0 radical (unpaired) electrons. The molecule has 3 rings (SSSR count). The lowest BCUT2D eigenvalue weighted by atomic mass is 10.1. The van der Waals surface area contributed by atoms with Crippen molar-refractivity contribution in [1.29, 1.82) is 0 Å². The Balaban J connectivity index is 1.56. The van der Waals surface area contributed by atoms with Gasteiger partial charge in [0.25, 0.3) is 15.9 Å². The van der Waals surface area contributed by atoms with E-state index in [1.807, 2.05) is 31.2 Å². The molecule has 0 saturated heterocycles. The molecule has 0 heterocycles. The lowest BCUT2D eigenvalue weighted by molar-refractivity contribution is -0.123. The number of carbonyl (C=O) groups is 1. The topological polar surface area (TPSA) is 93.7 Å². The van der Waals surface area contributed by atoms with E-state index in [1.54, 1.807) is 31.4 Å². The van der Waals surface area contributed by atoms with Crippen LogP contribution in [0.25, 0.3) is 0 Å². The van der Waals surface area contributed by atoms with Crippen molar-refractivity contribution in [1.82, 2.24) is 5.32 Å². The number of sulfonamides is 1. The summed E-state index contributed by atoms with van der Waals surface area (Å²) in [6.07, 6.45) is 0. The number of nitrogens with one attached hydrogen (secondary N) is 2. The molecule has 2 N–H and O–H groups in total. The van der Waals surface area contributed by atoms with Crippen LogP contribution in [0.1, 0.15) is 18.5 Å². The highest BCUT2D eigenvalue weighted by atomic mass is 79.9. The Labute approximate surface area is 195 Å². The van der Waals surface area contributed by atoms with Gasteiger partial charge in [0.15, 0.2) is 6.61 Å². The van der Waals surface area contributed by atoms with E-state index in [1.165, 1.54) is 24.3 Å². The van der Waals surface area contributed by atoms with E-state index in [0.717, 1.165) is 10.0 Å². The van der Waals surface area contributed by atoms with Gasteiger partial charge in [0.1, 0.15) is 11.5 Å². The smallest absolute Gasteiger partial charge is 0.261 e. The highest BCUT2D eigenvalue weighted by molar-refractivity contribution is 9.10. The van der Waals surface area contributed by atoms with Crippen LogP contribution in [0.15, 0.2) is 82.2 Å². The summed E-state index contributed by atoms with van der Waals surface area (Å²) in [5, 5.41) is 2.85. The molecule has 0 spiro atoms. The zero-order valence-electron chi connectivity index (χ0n) is 17.5. The molecule has 32 heavy (non-hydrogen) atoms. The number of para-hydroxylation sites is 1. The zero-order chi connectivity index (χ0) is 23.1. The van der Waals surface area contributed by atoms with Crippen molar-refractivity contribution in [3.8, 4) is 11.5 Å². The highest BCUT2D eigenvalue weighted by Gasteiger charge is 2.16. The lowest BCUT2D eigenvalue weighted by Gasteiger charge is -2.17. The first kappa shape index (κ1) is 23.6. The highest BCUT2D eigenvalue weighted by Crippen LogP contribution is 2.24. The van der Waals surface area contributed by atoms with Crippen LogP contribution in [0.3, 0.4) is 0 Å². The van der Waals surface area contributed by atoms with Crippen molar-refractivity contribution in [3.63, 3.8) is 0 Å². The van der Waals surface area contributed by atoms with Gasteiger partial charge < -0.3 is 14.8 Å². The second-order valence-electron chi connectivity index (χ2n) is 6.90. The molecule has 0 bridgehead atoms. The fourth-order valence-corrected chi connectivity index (χ4v) is 4.30. The Hall–Kier alpha value is -3.04. The number of methoxy groups -OCH3 is 1. The molecule has 0 aromatic heterocycles. The van der Waals surface area contributed by atoms with E-state index in [-0.39, 0.29) is 23.5 Å². The van der Waals surface area contributed by atoms with Crippen LogP contribution in [0.2, 0.25) is 0 Å². The molecule has 0 saturated carbocycles. The van der Waals surface area contributed by atoms with Gasteiger partial charge in [-0.1, -0.05) is 34.1 Å². The maximum atomic E-state index is 12.5. The Morgan fingerprint density at radius 3 is 2.31 bits per heavy atom. The van der Waals surface area contributed by atoms with Crippen LogP contribution in [-0.2, 0) is 14.8 Å². The van der Waals surface area contributed by atoms with Gasteiger partial charge in [0, 0.05) is 15.7 Å². The average molecular weight is 519 g/mol. The number of rotatable bonds is 9. The number of benzene rings is 3. The van der Waals surface area contributed by atoms with Gasteiger partial charge in [-0.3, -0.25) is 9.52 Å². The van der Waals surface area contributed by atoms with Crippen molar-refractivity contribution in [2.24, 2.45) is 0 Å².